The summed E-state index contributed by atoms with van der Waals surface area (Å²) < 4.78 is 22.1. The first-order chi connectivity index (χ1) is 26.3. The van der Waals surface area contributed by atoms with E-state index in [9.17, 15) is 19.2 Å². The summed E-state index contributed by atoms with van der Waals surface area (Å²) in [6.07, 6.45) is 28.2. The molecule has 0 aromatic heterocycles. The minimum atomic E-state index is -0.446. The number of rotatable bonds is 37. The molecule has 0 spiro atoms. The molecule has 54 heavy (non-hydrogen) atoms. The van der Waals surface area contributed by atoms with E-state index in [1.165, 1.54) is 103 Å². The lowest BCUT2D eigenvalue weighted by Crippen LogP contribution is -2.39. The lowest BCUT2D eigenvalue weighted by Gasteiger charge is -2.24. The molecule has 0 bridgehead atoms. The van der Waals surface area contributed by atoms with Crippen LogP contribution in [0.4, 0.5) is 0 Å². The quantitative estimate of drug-likeness (QED) is 0.0490. The average Bonchev–Trinajstić information content (AvgIpc) is 3.56. The van der Waals surface area contributed by atoms with E-state index in [4.69, 9.17) is 18.9 Å². The third-order valence-electron chi connectivity index (χ3n) is 10.5. The Balaban J connectivity index is 2.47. The number of esters is 2. The highest BCUT2D eigenvalue weighted by atomic mass is 16.5. The van der Waals surface area contributed by atoms with E-state index in [1.807, 2.05) is 6.92 Å². The van der Waals surface area contributed by atoms with Crippen molar-refractivity contribution in [1.82, 2.24) is 10.2 Å². The second-order valence-electron chi connectivity index (χ2n) is 15.6. The van der Waals surface area contributed by atoms with Crippen LogP contribution in [0.3, 0.4) is 0 Å². The normalized spacial score (nSPS) is 16.0. The van der Waals surface area contributed by atoms with Crippen LogP contribution in [0.5, 0.6) is 0 Å². The molecule has 0 aliphatic carbocycles. The molecule has 1 rings (SSSR count). The lowest BCUT2D eigenvalue weighted by molar-refractivity contribution is -0.149. The Kier molecular flexibility index (Phi) is 32.5. The Morgan fingerprint density at radius 3 is 1.67 bits per heavy atom. The zero-order valence-corrected chi connectivity index (χ0v) is 35.3. The van der Waals surface area contributed by atoms with Crippen molar-refractivity contribution in [3.63, 3.8) is 0 Å². The lowest BCUT2D eigenvalue weighted by atomic mass is 10.1. The van der Waals surface area contributed by atoms with Crippen molar-refractivity contribution in [3.8, 4) is 0 Å². The molecule has 1 saturated heterocycles. The van der Waals surface area contributed by atoms with Gasteiger partial charge in [0, 0.05) is 45.8 Å². The number of nitrogens with one attached hydrogen (secondary N) is 1. The number of unbranched alkanes of at least 4 members (excludes halogenated alkanes) is 20. The van der Waals surface area contributed by atoms with Gasteiger partial charge in [0.2, 0.25) is 11.8 Å². The molecule has 10 heteroatoms. The molecule has 1 fully saturated rings. The predicted octanol–water partition coefficient (Wildman–Crippen LogP) is 9.78. The van der Waals surface area contributed by atoms with Crippen molar-refractivity contribution in [2.75, 3.05) is 40.0 Å². The van der Waals surface area contributed by atoms with Crippen LogP contribution in [0.25, 0.3) is 0 Å². The van der Waals surface area contributed by atoms with Gasteiger partial charge in [-0.1, -0.05) is 142 Å². The van der Waals surface area contributed by atoms with Crippen molar-refractivity contribution in [1.29, 1.82) is 0 Å². The maximum absolute atomic E-state index is 13.4. The van der Waals surface area contributed by atoms with E-state index in [2.05, 4.69) is 19.2 Å². The zero-order chi connectivity index (χ0) is 39.5. The highest BCUT2D eigenvalue weighted by Gasteiger charge is 2.38. The molecule has 0 aromatic rings. The monoisotopic (exact) mass is 767 g/mol. The molecular weight excluding hydrogens is 684 g/mol. The summed E-state index contributed by atoms with van der Waals surface area (Å²) in [7, 11) is 1.63. The van der Waals surface area contributed by atoms with Gasteiger partial charge in [-0.15, -0.1) is 0 Å². The number of nitrogens with zero attached hydrogens (tertiary/aromatic N) is 1. The van der Waals surface area contributed by atoms with E-state index in [1.54, 1.807) is 12.0 Å². The number of hydrogen-bond donors (Lipinski definition) is 1. The van der Waals surface area contributed by atoms with E-state index < -0.39 is 6.10 Å². The van der Waals surface area contributed by atoms with Crippen molar-refractivity contribution < 1.29 is 38.1 Å². The molecule has 2 amide bonds. The van der Waals surface area contributed by atoms with E-state index in [0.29, 0.717) is 45.4 Å². The predicted molar refractivity (Wildman–Crippen MR) is 217 cm³/mol. The molecule has 0 aromatic carbocycles. The number of ether oxygens (including phenoxy) is 4. The number of hydrogen-bond acceptors (Lipinski definition) is 8. The van der Waals surface area contributed by atoms with Crippen LogP contribution in [0, 0.1) is 0 Å². The smallest absolute Gasteiger partial charge is 0.306 e. The van der Waals surface area contributed by atoms with E-state index >= 15 is 0 Å². The minimum Gasteiger partial charge on any atom is -0.463 e. The average molecular weight is 767 g/mol. The van der Waals surface area contributed by atoms with Gasteiger partial charge in [0.15, 0.2) is 0 Å². The summed E-state index contributed by atoms with van der Waals surface area (Å²) in [4.78, 5) is 52.9. The van der Waals surface area contributed by atoms with Crippen LogP contribution in [-0.4, -0.2) is 86.9 Å². The van der Waals surface area contributed by atoms with Crippen LogP contribution in [-0.2, 0) is 38.1 Å². The number of carbonyl (C=O) groups is 4. The highest BCUT2D eigenvalue weighted by molar-refractivity contribution is 5.84. The second-order valence-corrected chi connectivity index (χ2v) is 15.6. The fourth-order valence-corrected chi connectivity index (χ4v) is 7.08. The molecule has 10 nitrogen and oxygen atoms in total. The summed E-state index contributed by atoms with van der Waals surface area (Å²) in [5, 5.41) is 2.87. The first kappa shape index (κ1) is 49.8. The number of carbonyl (C=O) groups excluding carboxylic acids is 4. The molecule has 1 aliphatic rings. The molecule has 1 N–H and O–H groups in total. The maximum atomic E-state index is 13.4. The van der Waals surface area contributed by atoms with Gasteiger partial charge < -0.3 is 29.2 Å². The van der Waals surface area contributed by atoms with Gasteiger partial charge in [0.05, 0.1) is 31.9 Å². The molecule has 316 valence electrons. The van der Waals surface area contributed by atoms with Crippen LogP contribution in [0.15, 0.2) is 0 Å². The molecule has 1 unspecified atom stereocenters. The van der Waals surface area contributed by atoms with Gasteiger partial charge >= 0.3 is 11.9 Å². The summed E-state index contributed by atoms with van der Waals surface area (Å²) >= 11 is 0. The fourth-order valence-electron chi connectivity index (χ4n) is 7.08. The Morgan fingerprint density at radius 2 is 1.15 bits per heavy atom. The van der Waals surface area contributed by atoms with E-state index in [0.717, 1.165) is 38.5 Å². The van der Waals surface area contributed by atoms with Crippen molar-refractivity contribution >= 4 is 23.8 Å². The van der Waals surface area contributed by atoms with Gasteiger partial charge in [-0.2, -0.15) is 0 Å². The molecule has 0 saturated carbocycles. The van der Waals surface area contributed by atoms with Gasteiger partial charge in [-0.25, -0.2) is 0 Å². The Hall–Kier alpha value is -2.20. The number of amides is 2. The third-order valence-corrected chi connectivity index (χ3v) is 10.5. The Bertz CT molecular complexity index is 948. The maximum Gasteiger partial charge on any atom is 0.306 e. The third kappa shape index (κ3) is 28.2. The van der Waals surface area contributed by atoms with Crippen LogP contribution < -0.4 is 5.32 Å². The van der Waals surface area contributed by atoms with Gasteiger partial charge in [-0.3, -0.25) is 19.2 Å². The van der Waals surface area contributed by atoms with Crippen LogP contribution in [0.2, 0.25) is 0 Å². The topological polar surface area (TPSA) is 120 Å². The summed E-state index contributed by atoms with van der Waals surface area (Å²) in [6, 6.07) is -0.383. The number of methoxy groups -OCH3 is 1. The minimum absolute atomic E-state index is 0.0143. The first-order valence-electron chi connectivity index (χ1n) is 22.3. The molecule has 0 radical (unpaired) electrons. The van der Waals surface area contributed by atoms with E-state index in [-0.39, 0.29) is 61.9 Å². The zero-order valence-electron chi connectivity index (χ0n) is 35.3. The summed E-state index contributed by atoms with van der Waals surface area (Å²) in [6.45, 7) is 8.24. The van der Waals surface area contributed by atoms with Crippen molar-refractivity contribution in [2.24, 2.45) is 0 Å². The van der Waals surface area contributed by atoms with Crippen LogP contribution >= 0.6 is 0 Å². The fraction of sp³-hybridized carbons (Fsp3) is 0.909. The van der Waals surface area contributed by atoms with Gasteiger partial charge in [0.1, 0.15) is 12.7 Å². The Morgan fingerprint density at radius 1 is 0.648 bits per heavy atom. The van der Waals surface area contributed by atoms with Gasteiger partial charge in [0.25, 0.3) is 0 Å². The Labute approximate surface area is 330 Å². The van der Waals surface area contributed by atoms with Crippen molar-refractivity contribution in [3.05, 3.63) is 0 Å². The summed E-state index contributed by atoms with van der Waals surface area (Å²) in [5.41, 5.74) is 0. The second kappa shape index (κ2) is 35.2. The summed E-state index contributed by atoms with van der Waals surface area (Å²) in [5.74, 6) is -0.888. The molecule has 3 atom stereocenters. The molecular formula is C44H82N2O8. The molecule has 1 aliphatic heterocycles. The SMILES string of the molecule is CCCCCCCCCCCCCC(=O)OC[C@@H]1C[C@@H](OC(=O)CCCCCCCCCCCCC)CN1C(=O)CCC(=O)NCCC(C)OCCOC. The van der Waals surface area contributed by atoms with Gasteiger partial charge in [-0.05, 0) is 26.2 Å². The molecule has 1 heterocycles. The first-order valence-corrected chi connectivity index (χ1v) is 22.3. The number of likely N-dealkylation sites (tertiary alicyclic amines) is 1. The van der Waals surface area contributed by atoms with Crippen LogP contribution in [0.1, 0.15) is 201 Å². The van der Waals surface area contributed by atoms with Crippen molar-refractivity contribution in [2.45, 2.75) is 219 Å². The standard InChI is InChI=1S/C44H82N2O8/c1-5-7-9-11-13-15-17-19-21-23-25-27-43(49)53-37-39-35-40(54-44(50)28-26-24-22-20-18-16-14-12-10-8-6-2)36-46(39)42(48)30-29-41(47)45-32-31-38(3)52-34-33-51-4/h38-40H,5-37H2,1-4H3,(H,45,47)/t38?,39-,40+/m0/s1. The largest absolute Gasteiger partial charge is 0.463 e. The highest BCUT2D eigenvalue weighted by Crippen LogP contribution is 2.24.